The lowest BCUT2D eigenvalue weighted by Gasteiger charge is -2.31. The van der Waals surface area contributed by atoms with Gasteiger partial charge in [0.05, 0.1) is 17.4 Å². The number of halogens is 2. The predicted molar refractivity (Wildman–Crippen MR) is 142 cm³/mol. The van der Waals surface area contributed by atoms with Gasteiger partial charge < -0.3 is 26.0 Å². The van der Waals surface area contributed by atoms with Crippen LogP contribution in [0.2, 0.25) is 0 Å². The van der Waals surface area contributed by atoms with E-state index in [2.05, 4.69) is 32.7 Å². The highest BCUT2D eigenvalue weighted by Gasteiger charge is 2.18. The molecule has 3 rings (SSSR count). The zero-order chi connectivity index (χ0) is 26.5. The van der Waals surface area contributed by atoms with Crippen LogP contribution in [0, 0.1) is 0 Å². The second-order valence-electron chi connectivity index (χ2n) is 8.45. The topological polar surface area (TPSA) is 92.5 Å². The van der Waals surface area contributed by atoms with Gasteiger partial charge in [0.25, 0.3) is 5.91 Å². The monoisotopic (exact) mass is 503 g/mol. The van der Waals surface area contributed by atoms with E-state index in [4.69, 9.17) is 10.5 Å². The van der Waals surface area contributed by atoms with E-state index < -0.39 is 18.4 Å². The molecule has 1 amide bonds. The minimum atomic E-state index is -0.921. The normalized spacial score (nSPS) is 14.9. The molecule has 0 saturated carbocycles. The SMILES string of the molecule is CC.COC1CCN(CCc2ccc(Nc3cc(NC/C(CF)=C(/C)F)c(C(N)=O)cn3)cc2)CC1. The van der Waals surface area contributed by atoms with Gasteiger partial charge in [-0.2, -0.15) is 0 Å². The number of carbonyl (C=O) groups is 1. The van der Waals surface area contributed by atoms with Gasteiger partial charge in [-0.15, -0.1) is 0 Å². The number of anilines is 3. The average Bonchev–Trinajstić information content (AvgIpc) is 2.90. The van der Waals surface area contributed by atoms with Crippen LogP contribution in [-0.2, 0) is 11.2 Å². The number of methoxy groups -OCH3 is 1. The number of aromatic nitrogens is 1. The first-order valence-electron chi connectivity index (χ1n) is 12.4. The van der Waals surface area contributed by atoms with Crippen molar-refractivity contribution in [2.24, 2.45) is 5.73 Å². The van der Waals surface area contributed by atoms with Gasteiger partial charge in [0, 0.05) is 56.8 Å². The third kappa shape index (κ3) is 8.87. The highest BCUT2D eigenvalue weighted by molar-refractivity contribution is 5.98. The minimum Gasteiger partial charge on any atom is -0.381 e. The minimum absolute atomic E-state index is 0.0274. The molecule has 9 heteroatoms. The smallest absolute Gasteiger partial charge is 0.252 e. The summed E-state index contributed by atoms with van der Waals surface area (Å²) in [6, 6.07) is 9.69. The summed E-state index contributed by atoms with van der Waals surface area (Å²) < 4.78 is 31.8. The number of nitrogens with one attached hydrogen (secondary N) is 2. The predicted octanol–water partition coefficient (Wildman–Crippen LogP) is 5.23. The molecule has 1 saturated heterocycles. The fourth-order valence-corrected chi connectivity index (χ4v) is 3.89. The maximum atomic E-state index is 13.4. The Hall–Kier alpha value is -3.04. The number of alkyl halides is 1. The second kappa shape index (κ2) is 15.2. The molecule has 0 spiro atoms. The number of amides is 1. The number of primary amides is 1. The van der Waals surface area contributed by atoms with Crippen molar-refractivity contribution in [3.05, 3.63) is 59.1 Å². The Morgan fingerprint density at radius 1 is 1.22 bits per heavy atom. The molecule has 1 aliphatic heterocycles. The fourth-order valence-electron chi connectivity index (χ4n) is 3.89. The molecular weight excluding hydrogens is 464 g/mol. The molecule has 4 N–H and O–H groups in total. The van der Waals surface area contributed by atoms with Gasteiger partial charge in [0.15, 0.2) is 0 Å². The maximum absolute atomic E-state index is 13.4. The molecule has 36 heavy (non-hydrogen) atoms. The highest BCUT2D eigenvalue weighted by atomic mass is 19.1. The number of likely N-dealkylation sites (tertiary alicyclic amines) is 1. The number of allylic oxidation sites excluding steroid dienone is 1. The van der Waals surface area contributed by atoms with Crippen molar-refractivity contribution < 1.29 is 18.3 Å². The second-order valence-corrected chi connectivity index (χ2v) is 8.45. The van der Waals surface area contributed by atoms with E-state index in [0.717, 1.165) is 44.6 Å². The van der Waals surface area contributed by atoms with Crippen LogP contribution in [-0.4, -0.2) is 61.9 Å². The molecule has 1 aromatic carbocycles. The molecule has 1 aromatic heterocycles. The van der Waals surface area contributed by atoms with Crippen molar-refractivity contribution in [1.29, 1.82) is 0 Å². The maximum Gasteiger partial charge on any atom is 0.252 e. The molecule has 2 aromatic rings. The van der Waals surface area contributed by atoms with Crippen LogP contribution in [0.4, 0.5) is 26.0 Å². The van der Waals surface area contributed by atoms with E-state index in [1.54, 1.807) is 13.2 Å². The molecule has 0 atom stereocenters. The van der Waals surface area contributed by atoms with E-state index in [9.17, 15) is 13.6 Å². The number of hydrogen-bond donors (Lipinski definition) is 3. The van der Waals surface area contributed by atoms with Crippen molar-refractivity contribution in [3.63, 3.8) is 0 Å². The summed E-state index contributed by atoms with van der Waals surface area (Å²) in [6.07, 6.45) is 4.86. The van der Waals surface area contributed by atoms with Crippen molar-refractivity contribution in [1.82, 2.24) is 9.88 Å². The third-order valence-electron chi connectivity index (χ3n) is 6.12. The first kappa shape index (κ1) is 29.2. The Balaban J connectivity index is 0.00000222. The van der Waals surface area contributed by atoms with Gasteiger partial charge >= 0.3 is 0 Å². The van der Waals surface area contributed by atoms with Gasteiger partial charge in [-0.05, 0) is 43.9 Å². The summed E-state index contributed by atoms with van der Waals surface area (Å²) in [5, 5.41) is 6.08. The number of piperidine rings is 1. The molecular formula is C27H39F2N5O2. The van der Waals surface area contributed by atoms with Crippen LogP contribution in [0.1, 0.15) is 49.5 Å². The number of rotatable bonds is 11. The van der Waals surface area contributed by atoms with Crippen LogP contribution in [0.25, 0.3) is 0 Å². The zero-order valence-electron chi connectivity index (χ0n) is 21.7. The van der Waals surface area contributed by atoms with Crippen molar-refractivity contribution in [2.75, 3.05) is 50.6 Å². The van der Waals surface area contributed by atoms with E-state index in [0.29, 0.717) is 17.6 Å². The lowest BCUT2D eigenvalue weighted by Crippen LogP contribution is -2.37. The largest absolute Gasteiger partial charge is 0.381 e. The number of carbonyl (C=O) groups excluding carboxylic acids is 1. The van der Waals surface area contributed by atoms with Crippen molar-refractivity contribution in [3.8, 4) is 0 Å². The van der Waals surface area contributed by atoms with Gasteiger partial charge in [-0.3, -0.25) is 4.79 Å². The fraction of sp³-hybridized carbons (Fsp3) is 0.481. The van der Waals surface area contributed by atoms with E-state index in [-0.39, 0.29) is 17.7 Å². The lowest BCUT2D eigenvalue weighted by atomic mass is 10.1. The summed E-state index contributed by atoms with van der Waals surface area (Å²) in [4.78, 5) is 18.4. The number of nitrogens with two attached hydrogens (primary N) is 1. The van der Waals surface area contributed by atoms with E-state index in [1.807, 2.05) is 26.0 Å². The van der Waals surface area contributed by atoms with Gasteiger partial charge in [0.1, 0.15) is 18.3 Å². The Bertz CT molecular complexity index is 986. The van der Waals surface area contributed by atoms with E-state index >= 15 is 0 Å². The Kier molecular flexibility index (Phi) is 12.3. The highest BCUT2D eigenvalue weighted by Crippen LogP contribution is 2.23. The third-order valence-corrected chi connectivity index (χ3v) is 6.12. The molecule has 2 heterocycles. The molecule has 0 unspecified atom stereocenters. The number of hydrogen-bond acceptors (Lipinski definition) is 6. The van der Waals surface area contributed by atoms with Gasteiger partial charge in [-0.25, -0.2) is 13.8 Å². The number of ether oxygens (including phenoxy) is 1. The summed E-state index contributed by atoms with van der Waals surface area (Å²) in [5.74, 6) is -0.799. The van der Waals surface area contributed by atoms with E-state index in [1.165, 1.54) is 18.7 Å². The molecule has 1 fully saturated rings. The Morgan fingerprint density at radius 3 is 2.44 bits per heavy atom. The van der Waals surface area contributed by atoms with Crippen LogP contribution in [0.3, 0.4) is 0 Å². The molecule has 0 aliphatic carbocycles. The lowest BCUT2D eigenvalue weighted by molar-refractivity contribution is 0.0415. The first-order chi connectivity index (χ1) is 17.4. The zero-order valence-corrected chi connectivity index (χ0v) is 21.7. The number of nitrogens with zero attached hydrogens (tertiary/aromatic N) is 2. The summed E-state index contributed by atoms with van der Waals surface area (Å²) in [5.41, 5.74) is 7.96. The average molecular weight is 504 g/mol. The summed E-state index contributed by atoms with van der Waals surface area (Å²) in [6.45, 7) is 7.33. The van der Waals surface area contributed by atoms with Gasteiger partial charge in [0.2, 0.25) is 0 Å². The summed E-state index contributed by atoms with van der Waals surface area (Å²) in [7, 11) is 1.78. The molecule has 0 radical (unpaired) electrons. The van der Waals surface area contributed by atoms with Crippen molar-refractivity contribution >= 4 is 23.1 Å². The van der Waals surface area contributed by atoms with Crippen molar-refractivity contribution in [2.45, 2.75) is 46.1 Å². The molecule has 7 nitrogen and oxygen atoms in total. The Morgan fingerprint density at radius 2 is 1.89 bits per heavy atom. The van der Waals surface area contributed by atoms with Gasteiger partial charge in [-0.1, -0.05) is 26.0 Å². The molecule has 198 valence electrons. The number of benzene rings is 1. The first-order valence-corrected chi connectivity index (χ1v) is 12.4. The van der Waals surface area contributed by atoms with Crippen LogP contribution < -0.4 is 16.4 Å². The van der Waals surface area contributed by atoms with Crippen LogP contribution in [0.5, 0.6) is 0 Å². The molecule has 1 aliphatic rings. The Labute approximate surface area is 213 Å². The number of pyridine rings is 1. The van der Waals surface area contributed by atoms with Crippen LogP contribution >= 0.6 is 0 Å². The standard InChI is InChI=1S/C25H33F2N5O2.C2H6/c1-17(27)19(14-26)15-29-23-13-24(30-16-22(23)25(28)33)31-20-5-3-18(4-6-20)7-10-32-11-8-21(34-2)9-12-32;1-2/h3-6,13,16,21H,7-12,14-15H2,1-2H3,(H2,28,33)(H2,29,30,31);1-2H3/b19-17-;. The summed E-state index contributed by atoms with van der Waals surface area (Å²) >= 11 is 0. The van der Waals surface area contributed by atoms with Crippen LogP contribution in [0.15, 0.2) is 47.9 Å². The molecule has 0 bridgehead atoms. The quantitative estimate of drug-likeness (QED) is 0.389.